The Labute approximate surface area is 564 Å². The molecule has 0 aromatic rings. The van der Waals surface area contributed by atoms with Crippen molar-refractivity contribution in [3.8, 4) is 0 Å². The van der Waals surface area contributed by atoms with Gasteiger partial charge >= 0.3 is 0 Å². The van der Waals surface area contributed by atoms with Gasteiger partial charge < -0.3 is 65.1 Å². The van der Waals surface area contributed by atoms with E-state index in [1.165, 1.54) is 308 Å². The van der Waals surface area contributed by atoms with Crippen LogP contribution in [0, 0.1) is 0 Å². The highest BCUT2D eigenvalue weighted by Crippen LogP contribution is 2.30. The van der Waals surface area contributed by atoms with Crippen LogP contribution < -0.4 is 5.32 Å². The molecule has 0 saturated carbocycles. The fraction of sp³-hybridized carbons (Fsp3) is 0.936. The number of allylic oxidation sites excluding steroid dienone is 3. The van der Waals surface area contributed by atoms with Gasteiger partial charge in [0.2, 0.25) is 5.91 Å². The summed E-state index contributed by atoms with van der Waals surface area (Å²) in [4.78, 5) is 13.4. The van der Waals surface area contributed by atoms with Crippen LogP contribution in [0.1, 0.15) is 373 Å². The molecule has 0 radical (unpaired) electrons. The molecule has 2 heterocycles. The molecule has 12 unspecified atom stereocenters. The van der Waals surface area contributed by atoms with Gasteiger partial charge in [-0.05, 0) is 32.1 Å². The van der Waals surface area contributed by atoms with Crippen LogP contribution in [-0.2, 0) is 23.7 Å². The number of carbonyl (C=O) groups excluding carboxylic acids is 1. The van der Waals surface area contributed by atoms with Crippen LogP contribution in [0.2, 0.25) is 0 Å². The SMILES string of the molecule is CCCCCCCCCCCCCCCCC/C=C/CC/C=C/C(O)C(COC1OC(CO)C(OC2OC(CO)C(O)C(O)C2O)C(O)C1O)NC(=O)CCCCCCCCCCCCCCCCCCCCCCCCCCCCCCCCCCCCCCC. The van der Waals surface area contributed by atoms with Crippen molar-refractivity contribution in [1.82, 2.24) is 5.32 Å². The Bertz CT molecular complexity index is 1640. The minimum atomic E-state index is -1.79. The second-order valence-electron chi connectivity index (χ2n) is 28.2. The topological polar surface area (TPSA) is 228 Å². The summed E-state index contributed by atoms with van der Waals surface area (Å²) in [5, 5.41) is 87.5. The molecule has 2 saturated heterocycles. The molecule has 92 heavy (non-hydrogen) atoms. The molecule has 2 rings (SSSR count). The quantitative estimate of drug-likeness (QED) is 0.0204. The third-order valence-corrected chi connectivity index (χ3v) is 19.6. The molecule has 12 atom stereocenters. The normalized spacial score (nSPS) is 22.7. The van der Waals surface area contributed by atoms with Crippen molar-refractivity contribution in [1.29, 1.82) is 0 Å². The molecule has 1 amide bonds. The van der Waals surface area contributed by atoms with E-state index < -0.39 is 86.8 Å². The van der Waals surface area contributed by atoms with E-state index in [4.69, 9.17) is 18.9 Å². The van der Waals surface area contributed by atoms with Crippen LogP contribution in [0.3, 0.4) is 0 Å². The zero-order valence-electron chi connectivity index (χ0n) is 59.6. The zero-order valence-corrected chi connectivity index (χ0v) is 59.6. The minimum absolute atomic E-state index is 0.240. The Morgan fingerprint density at radius 1 is 0.380 bits per heavy atom. The average Bonchev–Trinajstić information content (AvgIpc) is 0.863. The summed E-state index contributed by atoms with van der Waals surface area (Å²) < 4.78 is 22.9. The van der Waals surface area contributed by atoms with E-state index in [0.717, 1.165) is 32.1 Å². The molecule has 14 heteroatoms. The lowest BCUT2D eigenvalue weighted by molar-refractivity contribution is -0.359. The smallest absolute Gasteiger partial charge is 0.220 e. The molecule has 544 valence electrons. The number of rotatable bonds is 67. The van der Waals surface area contributed by atoms with Crippen LogP contribution in [0.15, 0.2) is 24.3 Å². The van der Waals surface area contributed by atoms with Gasteiger partial charge in [-0.1, -0.05) is 359 Å². The number of aliphatic hydroxyl groups is 8. The average molecular weight is 1310 g/mol. The molecule has 0 aromatic heterocycles. The Balaban J connectivity index is 1.59. The summed E-state index contributed by atoms with van der Waals surface area (Å²) in [6.07, 6.45) is 64.2. The van der Waals surface area contributed by atoms with Gasteiger partial charge in [0.25, 0.3) is 0 Å². The van der Waals surface area contributed by atoms with Crippen molar-refractivity contribution in [2.75, 3.05) is 19.8 Å². The summed E-state index contributed by atoms with van der Waals surface area (Å²) in [7, 11) is 0. The lowest BCUT2D eigenvalue weighted by atomic mass is 9.97. The molecule has 0 spiro atoms. The Hall–Kier alpha value is -1.53. The van der Waals surface area contributed by atoms with Gasteiger partial charge in [-0.3, -0.25) is 4.79 Å². The number of unbranched alkanes of at least 4 members (excludes halogenated alkanes) is 52. The predicted octanol–water partition coefficient (Wildman–Crippen LogP) is 17.5. The first-order valence-electron chi connectivity index (χ1n) is 39.6. The highest BCUT2D eigenvalue weighted by Gasteiger charge is 2.51. The molecular weight excluding hydrogens is 1160 g/mol. The number of amides is 1. The number of hydrogen-bond donors (Lipinski definition) is 9. The predicted molar refractivity (Wildman–Crippen MR) is 378 cm³/mol. The van der Waals surface area contributed by atoms with Crippen LogP contribution in [0.25, 0.3) is 0 Å². The monoisotopic (exact) mass is 1310 g/mol. The van der Waals surface area contributed by atoms with E-state index >= 15 is 0 Å². The number of carbonyl (C=O) groups is 1. The molecule has 2 aliphatic rings. The van der Waals surface area contributed by atoms with E-state index in [9.17, 15) is 45.6 Å². The molecule has 2 aliphatic heterocycles. The third kappa shape index (κ3) is 45.9. The molecular formula is C78H149NO13. The second kappa shape index (κ2) is 63.0. The molecule has 2 fully saturated rings. The zero-order chi connectivity index (χ0) is 66.6. The molecule has 9 N–H and O–H groups in total. The van der Waals surface area contributed by atoms with Crippen LogP contribution in [0.5, 0.6) is 0 Å². The van der Waals surface area contributed by atoms with Gasteiger partial charge in [0.15, 0.2) is 12.6 Å². The second-order valence-corrected chi connectivity index (χ2v) is 28.2. The number of hydrogen-bond acceptors (Lipinski definition) is 13. The highest BCUT2D eigenvalue weighted by atomic mass is 16.7. The largest absolute Gasteiger partial charge is 0.394 e. The Kier molecular flexibility index (Phi) is 59.2. The molecule has 14 nitrogen and oxygen atoms in total. The van der Waals surface area contributed by atoms with E-state index in [-0.39, 0.29) is 18.9 Å². The number of ether oxygens (including phenoxy) is 4. The van der Waals surface area contributed by atoms with Crippen molar-refractivity contribution < 1.29 is 64.6 Å². The maximum absolute atomic E-state index is 13.4. The van der Waals surface area contributed by atoms with Crippen LogP contribution >= 0.6 is 0 Å². The summed E-state index contributed by atoms with van der Waals surface area (Å²) in [5.41, 5.74) is 0. The summed E-state index contributed by atoms with van der Waals surface area (Å²) in [5.74, 6) is -0.240. The van der Waals surface area contributed by atoms with Crippen molar-refractivity contribution in [2.45, 2.75) is 447 Å². The standard InChI is InChI=1S/C78H149NO13/c1-3-5-7-9-11-13-15-17-19-21-23-25-26-27-28-29-30-31-32-33-34-35-36-37-38-39-40-42-44-46-48-50-52-54-56-58-60-62-70(83)79-66(67(82)61-59-57-55-53-51-49-47-45-43-41-24-22-20-18-16-14-12-10-8-6-4-2)65-89-77-75(88)73(86)76(69(64-81)91-77)92-78-74(87)72(85)71(84)68(63-80)90-78/h51,53,59,61,66-69,71-78,80-82,84-88H,3-50,52,54-58,60,62-65H2,1-2H3,(H,79,83)/b53-51+,61-59+. The lowest BCUT2D eigenvalue weighted by Gasteiger charge is -2.46. The Morgan fingerprint density at radius 3 is 1.07 bits per heavy atom. The first-order valence-corrected chi connectivity index (χ1v) is 39.6. The van der Waals surface area contributed by atoms with Gasteiger partial charge in [0.1, 0.15) is 48.8 Å². The van der Waals surface area contributed by atoms with E-state index in [2.05, 4.69) is 31.3 Å². The van der Waals surface area contributed by atoms with Gasteiger partial charge in [-0.15, -0.1) is 0 Å². The molecule has 0 aromatic carbocycles. The van der Waals surface area contributed by atoms with E-state index in [1.807, 2.05) is 6.08 Å². The first-order chi connectivity index (χ1) is 45.1. The maximum Gasteiger partial charge on any atom is 0.220 e. The fourth-order valence-electron chi connectivity index (χ4n) is 13.4. The summed E-state index contributed by atoms with van der Waals surface area (Å²) in [6.45, 7) is 2.85. The minimum Gasteiger partial charge on any atom is -0.394 e. The van der Waals surface area contributed by atoms with E-state index in [0.29, 0.717) is 12.8 Å². The highest BCUT2D eigenvalue weighted by molar-refractivity contribution is 5.76. The molecule has 0 bridgehead atoms. The van der Waals surface area contributed by atoms with Crippen molar-refractivity contribution in [3.63, 3.8) is 0 Å². The van der Waals surface area contributed by atoms with Crippen LogP contribution in [0.4, 0.5) is 0 Å². The van der Waals surface area contributed by atoms with Gasteiger partial charge in [-0.25, -0.2) is 0 Å². The van der Waals surface area contributed by atoms with Crippen molar-refractivity contribution >= 4 is 5.91 Å². The Morgan fingerprint density at radius 2 is 0.696 bits per heavy atom. The summed E-state index contributed by atoms with van der Waals surface area (Å²) in [6, 6.07) is -0.930. The maximum atomic E-state index is 13.4. The van der Waals surface area contributed by atoms with E-state index in [1.54, 1.807) is 6.08 Å². The lowest BCUT2D eigenvalue weighted by Crippen LogP contribution is -2.65. The fourth-order valence-corrected chi connectivity index (χ4v) is 13.4. The van der Waals surface area contributed by atoms with Gasteiger partial charge in [0, 0.05) is 6.42 Å². The van der Waals surface area contributed by atoms with Gasteiger partial charge in [0.05, 0.1) is 32.0 Å². The number of aliphatic hydroxyl groups excluding tert-OH is 8. The molecule has 0 aliphatic carbocycles. The summed E-state index contributed by atoms with van der Waals surface area (Å²) >= 11 is 0. The third-order valence-electron chi connectivity index (χ3n) is 19.6. The van der Waals surface area contributed by atoms with Crippen molar-refractivity contribution in [2.24, 2.45) is 0 Å². The first kappa shape index (κ1) is 86.6. The number of nitrogens with one attached hydrogen (secondary N) is 1. The van der Waals surface area contributed by atoms with Crippen molar-refractivity contribution in [3.05, 3.63) is 24.3 Å². The van der Waals surface area contributed by atoms with Crippen LogP contribution in [-0.4, -0.2) is 140 Å². The van der Waals surface area contributed by atoms with Gasteiger partial charge in [-0.2, -0.15) is 0 Å².